The van der Waals surface area contributed by atoms with Crippen molar-refractivity contribution in [3.63, 3.8) is 0 Å². The Balaban J connectivity index is 4.21. The molecule has 6 heteroatoms. The summed E-state index contributed by atoms with van der Waals surface area (Å²) in [6.07, 6.45) is 0. The van der Waals surface area contributed by atoms with Crippen molar-refractivity contribution in [1.82, 2.24) is 0 Å². The average Bonchev–Trinajstić information content (AvgIpc) is 1.60. The first-order valence-corrected chi connectivity index (χ1v) is 3.93. The molecule has 10 heavy (non-hydrogen) atoms. The minimum absolute atomic E-state index is 0.877. The van der Waals surface area contributed by atoms with Gasteiger partial charge in [0.1, 0.15) is 5.75 Å². The van der Waals surface area contributed by atoms with Gasteiger partial charge in [0.05, 0.1) is 0 Å². The molecule has 0 spiro atoms. The van der Waals surface area contributed by atoms with Crippen LogP contribution in [0.15, 0.2) is 0 Å². The fraction of sp³-hybridized carbons (Fsp3) is 0.500. The third kappa shape index (κ3) is 4.16. The molecule has 0 atom stereocenters. The van der Waals surface area contributed by atoms with Crippen molar-refractivity contribution in [2.24, 2.45) is 0 Å². The Labute approximate surface area is 57.8 Å². The lowest BCUT2D eigenvalue weighted by atomic mass is 10.3. The number of hydrogen-bond acceptors (Lipinski definition) is 4. The van der Waals surface area contributed by atoms with Gasteiger partial charge in [-0.3, -0.25) is 14.1 Å². The highest BCUT2D eigenvalue weighted by atomic mass is 32.2. The van der Waals surface area contributed by atoms with Gasteiger partial charge in [-0.05, 0) is 0 Å². The second-order valence-electron chi connectivity index (χ2n) is 1.71. The molecule has 0 heterocycles. The van der Waals surface area contributed by atoms with Crippen molar-refractivity contribution in [3.8, 4) is 0 Å². The van der Waals surface area contributed by atoms with Gasteiger partial charge >= 0.3 is 0 Å². The highest BCUT2D eigenvalue weighted by Gasteiger charge is 2.16. The van der Waals surface area contributed by atoms with Crippen LogP contribution >= 0.6 is 0 Å². The van der Waals surface area contributed by atoms with Crippen LogP contribution in [0, 0.1) is 0 Å². The van der Waals surface area contributed by atoms with Crippen molar-refractivity contribution in [2.75, 3.05) is 5.75 Å². The van der Waals surface area contributed by atoms with Gasteiger partial charge in [-0.1, -0.05) is 0 Å². The van der Waals surface area contributed by atoms with E-state index in [0.717, 1.165) is 6.92 Å². The molecule has 0 saturated heterocycles. The van der Waals surface area contributed by atoms with E-state index in [-0.39, 0.29) is 0 Å². The van der Waals surface area contributed by atoms with Crippen LogP contribution in [-0.4, -0.2) is 30.3 Å². The van der Waals surface area contributed by atoms with Crippen LogP contribution in [0.2, 0.25) is 0 Å². The van der Waals surface area contributed by atoms with E-state index in [9.17, 15) is 18.0 Å². The van der Waals surface area contributed by atoms with E-state index < -0.39 is 27.4 Å². The molecule has 0 aliphatic heterocycles. The largest absolute Gasteiger partial charge is 0.291 e. The summed E-state index contributed by atoms with van der Waals surface area (Å²) in [4.78, 5) is 20.4. The maximum atomic E-state index is 10.3. The van der Waals surface area contributed by atoms with Gasteiger partial charge in [-0.2, -0.15) is 8.42 Å². The Morgan fingerprint density at radius 1 is 1.40 bits per heavy atom. The van der Waals surface area contributed by atoms with Gasteiger partial charge in [0.25, 0.3) is 10.1 Å². The first kappa shape index (κ1) is 9.25. The molecule has 58 valence electrons. The third-order valence-corrected chi connectivity index (χ3v) is 1.33. The second kappa shape index (κ2) is 2.89. The summed E-state index contributed by atoms with van der Waals surface area (Å²) in [5.41, 5.74) is 0. The average molecular weight is 166 g/mol. The monoisotopic (exact) mass is 166 g/mol. The van der Waals surface area contributed by atoms with Gasteiger partial charge in [0.15, 0.2) is 5.78 Å². The molecule has 0 unspecified atom stereocenters. The Bertz CT molecular complexity index is 249. The number of ketones is 2. The Morgan fingerprint density at radius 3 is 1.90 bits per heavy atom. The lowest BCUT2D eigenvalue weighted by molar-refractivity contribution is -0.133. The molecule has 0 rings (SSSR count). The third-order valence-electron chi connectivity index (χ3n) is 0.706. The van der Waals surface area contributed by atoms with Crippen molar-refractivity contribution >= 4 is 21.7 Å². The SMILES string of the molecule is CC(=O)C(=O)CS(=O)(=O)O. The molecule has 0 aliphatic carbocycles. The standard InChI is InChI=1S/C4H6O5S/c1-3(5)4(6)2-10(7,8)9/h2H2,1H3,(H,7,8,9). The van der Waals surface area contributed by atoms with Crippen LogP contribution in [0.25, 0.3) is 0 Å². The van der Waals surface area contributed by atoms with E-state index in [1.54, 1.807) is 0 Å². The first-order chi connectivity index (χ1) is 4.33. The minimum atomic E-state index is -4.34. The summed E-state index contributed by atoms with van der Waals surface area (Å²) in [7, 11) is -4.34. The van der Waals surface area contributed by atoms with Gasteiger partial charge in [0, 0.05) is 6.92 Å². The van der Waals surface area contributed by atoms with Crippen molar-refractivity contribution in [2.45, 2.75) is 6.92 Å². The number of Topliss-reactive ketones (excluding diaryl/α,β-unsaturated/α-hetero) is 2. The number of carbonyl (C=O) groups excluding carboxylic acids is 2. The van der Waals surface area contributed by atoms with Crippen molar-refractivity contribution in [1.29, 1.82) is 0 Å². The predicted molar refractivity (Wildman–Crippen MR) is 32.1 cm³/mol. The Morgan fingerprint density at radius 2 is 1.80 bits per heavy atom. The van der Waals surface area contributed by atoms with Gasteiger partial charge in [-0.25, -0.2) is 0 Å². The summed E-state index contributed by atoms with van der Waals surface area (Å²) in [5, 5.41) is 0. The van der Waals surface area contributed by atoms with Gasteiger partial charge < -0.3 is 0 Å². The maximum Gasteiger partial charge on any atom is 0.272 e. The Kier molecular flexibility index (Phi) is 2.67. The molecule has 0 radical (unpaired) electrons. The maximum absolute atomic E-state index is 10.3. The summed E-state index contributed by atoms with van der Waals surface area (Å²) in [6, 6.07) is 0. The molecule has 0 amide bonds. The van der Waals surface area contributed by atoms with E-state index in [2.05, 4.69) is 0 Å². The van der Waals surface area contributed by atoms with E-state index in [1.165, 1.54) is 0 Å². The van der Waals surface area contributed by atoms with Gasteiger partial charge in [-0.15, -0.1) is 0 Å². The normalized spacial score (nSPS) is 11.0. The molecule has 1 N–H and O–H groups in total. The zero-order valence-electron chi connectivity index (χ0n) is 5.20. The molecule has 0 saturated carbocycles. The summed E-state index contributed by atoms with van der Waals surface area (Å²) in [6.45, 7) is 0.938. The molecular formula is C4H6O5S. The summed E-state index contributed by atoms with van der Waals surface area (Å²) in [5.74, 6) is -3.11. The molecule has 5 nitrogen and oxygen atoms in total. The second-order valence-corrected chi connectivity index (χ2v) is 3.16. The molecular weight excluding hydrogens is 160 g/mol. The highest BCUT2D eigenvalue weighted by molar-refractivity contribution is 7.86. The molecule has 0 fully saturated rings. The van der Waals surface area contributed by atoms with Crippen LogP contribution in [-0.2, 0) is 19.7 Å². The predicted octanol–water partition coefficient (Wildman–Crippen LogP) is -0.968. The lowest BCUT2D eigenvalue weighted by Crippen LogP contribution is -2.20. The van der Waals surface area contributed by atoms with E-state index in [4.69, 9.17) is 4.55 Å². The van der Waals surface area contributed by atoms with Crippen LogP contribution in [0.4, 0.5) is 0 Å². The van der Waals surface area contributed by atoms with E-state index in [1.807, 2.05) is 0 Å². The minimum Gasteiger partial charge on any atom is -0.291 e. The Hall–Kier alpha value is -0.750. The lowest BCUT2D eigenvalue weighted by Gasteiger charge is -1.90. The van der Waals surface area contributed by atoms with Crippen LogP contribution in [0.3, 0.4) is 0 Å². The van der Waals surface area contributed by atoms with Crippen LogP contribution in [0.1, 0.15) is 6.92 Å². The van der Waals surface area contributed by atoms with Crippen molar-refractivity contribution < 1.29 is 22.6 Å². The highest BCUT2D eigenvalue weighted by Crippen LogP contribution is 1.84. The van der Waals surface area contributed by atoms with Crippen LogP contribution < -0.4 is 0 Å². The summed E-state index contributed by atoms with van der Waals surface area (Å²) < 4.78 is 27.9. The smallest absolute Gasteiger partial charge is 0.272 e. The first-order valence-electron chi connectivity index (χ1n) is 2.32. The molecule has 0 aromatic rings. The van der Waals surface area contributed by atoms with E-state index >= 15 is 0 Å². The number of rotatable bonds is 3. The quantitative estimate of drug-likeness (QED) is 0.430. The number of hydrogen-bond donors (Lipinski definition) is 1. The molecule has 0 bridgehead atoms. The van der Waals surface area contributed by atoms with E-state index in [0.29, 0.717) is 0 Å². The van der Waals surface area contributed by atoms with Crippen LogP contribution in [0.5, 0.6) is 0 Å². The fourth-order valence-corrected chi connectivity index (χ4v) is 0.802. The fourth-order valence-electron chi connectivity index (χ4n) is 0.267. The zero-order chi connectivity index (χ0) is 8.36. The molecule has 0 aromatic heterocycles. The van der Waals surface area contributed by atoms with Gasteiger partial charge in [0.2, 0.25) is 5.78 Å². The zero-order valence-corrected chi connectivity index (χ0v) is 6.01. The topological polar surface area (TPSA) is 88.5 Å². The molecule has 0 aromatic carbocycles. The summed E-state index contributed by atoms with van der Waals surface area (Å²) >= 11 is 0. The molecule has 0 aliphatic rings. The van der Waals surface area contributed by atoms with Crippen molar-refractivity contribution in [3.05, 3.63) is 0 Å². The number of carbonyl (C=O) groups is 2.